The molecule has 9 heteroatoms. The maximum atomic E-state index is 12.8. The normalized spacial score (nSPS) is 15.2. The average molecular weight is 489 g/mol. The van der Waals surface area contributed by atoms with Crippen LogP contribution in [0.1, 0.15) is 31.2 Å². The Morgan fingerprint density at radius 2 is 1.76 bits per heavy atom. The van der Waals surface area contributed by atoms with Gasteiger partial charge in [0.25, 0.3) is 5.91 Å². The number of benzene rings is 2. The maximum Gasteiger partial charge on any atom is 0.331 e. The number of hydrogen-bond acceptors (Lipinski definition) is 6. The van der Waals surface area contributed by atoms with Crippen molar-refractivity contribution in [2.75, 3.05) is 31.3 Å². The zero-order valence-electron chi connectivity index (χ0n) is 18.5. The third-order valence-corrected chi connectivity index (χ3v) is 7.83. The predicted octanol–water partition coefficient (Wildman–Crippen LogP) is 4.17. The number of esters is 1. The van der Waals surface area contributed by atoms with Crippen molar-refractivity contribution in [2.24, 2.45) is 0 Å². The summed E-state index contributed by atoms with van der Waals surface area (Å²) in [4.78, 5) is 25.2. The van der Waals surface area contributed by atoms with E-state index in [2.05, 4.69) is 5.32 Å². The summed E-state index contributed by atoms with van der Waals surface area (Å²) in [6.45, 7) is 0.693. The number of nitrogens with zero attached hydrogens (tertiary/aromatic N) is 1. The molecular formula is C24H28N2O5S2. The highest BCUT2D eigenvalue weighted by atomic mass is 32.2. The van der Waals surface area contributed by atoms with Crippen molar-refractivity contribution in [3.63, 3.8) is 0 Å². The number of rotatable bonds is 8. The Morgan fingerprint density at radius 1 is 1.06 bits per heavy atom. The van der Waals surface area contributed by atoms with E-state index >= 15 is 0 Å². The monoisotopic (exact) mass is 488 g/mol. The number of sulfonamides is 1. The van der Waals surface area contributed by atoms with Gasteiger partial charge in [-0.3, -0.25) is 4.79 Å². The fourth-order valence-corrected chi connectivity index (χ4v) is 5.41. The summed E-state index contributed by atoms with van der Waals surface area (Å²) >= 11 is 1.56. The van der Waals surface area contributed by atoms with Crippen molar-refractivity contribution in [3.05, 3.63) is 60.2 Å². The molecule has 0 spiro atoms. The van der Waals surface area contributed by atoms with Crippen LogP contribution >= 0.6 is 11.8 Å². The second-order valence-electron chi connectivity index (χ2n) is 7.61. The molecule has 1 saturated heterocycles. The van der Waals surface area contributed by atoms with E-state index in [1.54, 1.807) is 46.4 Å². The first-order valence-electron chi connectivity index (χ1n) is 10.8. The van der Waals surface area contributed by atoms with Gasteiger partial charge in [-0.2, -0.15) is 4.31 Å². The van der Waals surface area contributed by atoms with Crippen LogP contribution in [0.4, 0.5) is 5.69 Å². The van der Waals surface area contributed by atoms with E-state index < -0.39 is 28.5 Å². The first-order chi connectivity index (χ1) is 15.9. The van der Waals surface area contributed by atoms with E-state index in [9.17, 15) is 18.0 Å². The Labute approximate surface area is 199 Å². The Morgan fingerprint density at radius 3 is 2.42 bits per heavy atom. The minimum atomic E-state index is -3.51. The van der Waals surface area contributed by atoms with E-state index in [4.69, 9.17) is 4.74 Å². The Kier molecular flexibility index (Phi) is 9.11. The highest BCUT2D eigenvalue weighted by Crippen LogP contribution is 2.21. The Balaban J connectivity index is 1.50. The van der Waals surface area contributed by atoms with E-state index in [1.807, 2.05) is 24.5 Å². The molecule has 1 aliphatic heterocycles. The molecule has 1 N–H and O–H groups in total. The second kappa shape index (κ2) is 12.0. The first kappa shape index (κ1) is 25.0. The van der Waals surface area contributed by atoms with E-state index in [1.165, 1.54) is 12.2 Å². The molecule has 1 heterocycles. The SMILES string of the molecule is CSc1cccc(NC(=O)COC(=O)/C=C/c2ccc(S(=O)(=O)N3CCCCCC3)cc2)c1. The lowest BCUT2D eigenvalue weighted by Gasteiger charge is -2.19. The fraction of sp³-hybridized carbons (Fsp3) is 0.333. The van der Waals surface area contributed by atoms with Crippen LogP contribution in [0.3, 0.4) is 0 Å². The van der Waals surface area contributed by atoms with E-state index in [0.29, 0.717) is 24.3 Å². The lowest BCUT2D eigenvalue weighted by Crippen LogP contribution is -2.31. The second-order valence-corrected chi connectivity index (χ2v) is 10.4. The first-order valence-corrected chi connectivity index (χ1v) is 13.4. The van der Waals surface area contributed by atoms with Gasteiger partial charge in [-0.15, -0.1) is 11.8 Å². The maximum absolute atomic E-state index is 12.8. The van der Waals surface area contributed by atoms with Crippen molar-refractivity contribution in [3.8, 4) is 0 Å². The van der Waals surface area contributed by atoms with Crippen molar-refractivity contribution in [1.82, 2.24) is 4.31 Å². The zero-order valence-corrected chi connectivity index (χ0v) is 20.2. The lowest BCUT2D eigenvalue weighted by molar-refractivity contribution is -0.142. The molecule has 176 valence electrons. The minimum absolute atomic E-state index is 0.242. The van der Waals surface area contributed by atoms with Gasteiger partial charge in [-0.05, 0) is 61.1 Å². The molecule has 7 nitrogen and oxygen atoms in total. The summed E-state index contributed by atoms with van der Waals surface area (Å²) in [5.41, 5.74) is 1.29. The molecule has 0 radical (unpaired) electrons. The smallest absolute Gasteiger partial charge is 0.331 e. The lowest BCUT2D eigenvalue weighted by atomic mass is 10.2. The zero-order chi connectivity index (χ0) is 23.7. The quantitative estimate of drug-likeness (QED) is 0.341. The third-order valence-electron chi connectivity index (χ3n) is 5.19. The summed E-state index contributed by atoms with van der Waals surface area (Å²) in [7, 11) is -3.51. The Bertz CT molecular complexity index is 1090. The topological polar surface area (TPSA) is 92.8 Å². The molecule has 33 heavy (non-hydrogen) atoms. The average Bonchev–Trinajstić information content (AvgIpc) is 3.12. The van der Waals surface area contributed by atoms with Crippen molar-refractivity contribution in [1.29, 1.82) is 0 Å². The van der Waals surface area contributed by atoms with Crippen molar-refractivity contribution < 1.29 is 22.7 Å². The number of anilines is 1. The molecule has 0 bridgehead atoms. The largest absolute Gasteiger partial charge is 0.452 e. The van der Waals surface area contributed by atoms with Gasteiger partial charge >= 0.3 is 5.97 Å². The fourth-order valence-electron chi connectivity index (χ4n) is 3.43. The van der Waals surface area contributed by atoms with E-state index in [0.717, 1.165) is 30.6 Å². The molecule has 0 atom stereocenters. The summed E-state index contributed by atoms with van der Waals surface area (Å²) in [5.74, 6) is -1.10. The van der Waals surface area contributed by atoms with Crippen molar-refractivity contribution in [2.45, 2.75) is 35.5 Å². The number of nitrogens with one attached hydrogen (secondary N) is 1. The molecule has 2 aromatic carbocycles. The molecule has 0 saturated carbocycles. The molecule has 1 amide bonds. The molecule has 3 rings (SSSR count). The van der Waals surface area contributed by atoms with Gasteiger partial charge < -0.3 is 10.1 Å². The van der Waals surface area contributed by atoms with Crippen LogP contribution in [0.5, 0.6) is 0 Å². The van der Waals surface area contributed by atoms with Crippen LogP contribution in [-0.4, -0.2) is 50.6 Å². The van der Waals surface area contributed by atoms with E-state index in [-0.39, 0.29) is 4.90 Å². The molecule has 1 fully saturated rings. The summed E-state index contributed by atoms with van der Waals surface area (Å²) in [5, 5.41) is 2.68. The number of amides is 1. The molecule has 1 aliphatic rings. The third kappa shape index (κ3) is 7.45. The van der Waals surface area contributed by atoms with Crippen LogP contribution in [-0.2, 0) is 24.3 Å². The van der Waals surface area contributed by atoms with Crippen LogP contribution in [0.25, 0.3) is 6.08 Å². The predicted molar refractivity (Wildman–Crippen MR) is 131 cm³/mol. The Hall–Kier alpha value is -2.62. The number of thioether (sulfide) groups is 1. The molecular weight excluding hydrogens is 460 g/mol. The van der Waals surface area contributed by atoms with Gasteiger partial charge in [-0.25, -0.2) is 13.2 Å². The van der Waals surface area contributed by atoms with Crippen LogP contribution in [0.15, 0.2) is 64.4 Å². The number of carbonyl (C=O) groups excluding carboxylic acids is 2. The van der Waals surface area contributed by atoms with Gasteiger partial charge in [-0.1, -0.05) is 31.0 Å². The van der Waals surface area contributed by atoms with Crippen LogP contribution in [0.2, 0.25) is 0 Å². The highest BCUT2D eigenvalue weighted by Gasteiger charge is 2.24. The molecule has 0 unspecified atom stereocenters. The molecule has 0 aromatic heterocycles. The van der Waals surface area contributed by atoms with Crippen molar-refractivity contribution >= 4 is 45.4 Å². The summed E-state index contributed by atoms with van der Waals surface area (Å²) in [6, 6.07) is 13.7. The minimum Gasteiger partial charge on any atom is -0.452 e. The van der Waals surface area contributed by atoms with Crippen LogP contribution < -0.4 is 5.32 Å². The standard InChI is InChI=1S/C24H28N2O5S2/c1-32-21-8-6-7-20(17-21)25-23(27)18-31-24(28)14-11-19-9-12-22(13-10-19)33(29,30)26-15-4-2-3-5-16-26/h6-14,17H,2-5,15-16,18H2,1H3,(H,25,27)/b14-11+. The summed E-state index contributed by atoms with van der Waals surface area (Å²) in [6.07, 6.45) is 8.54. The molecule has 0 aliphatic carbocycles. The van der Waals surface area contributed by atoms with Gasteiger partial charge in [0.2, 0.25) is 10.0 Å². The van der Waals surface area contributed by atoms with Gasteiger partial charge in [0.05, 0.1) is 4.90 Å². The van der Waals surface area contributed by atoms with Crippen LogP contribution in [0, 0.1) is 0 Å². The van der Waals surface area contributed by atoms with Gasteiger partial charge in [0.15, 0.2) is 6.61 Å². The summed E-state index contributed by atoms with van der Waals surface area (Å²) < 4.78 is 32.2. The number of carbonyl (C=O) groups is 2. The van der Waals surface area contributed by atoms with Gasteiger partial charge in [0.1, 0.15) is 0 Å². The highest BCUT2D eigenvalue weighted by molar-refractivity contribution is 7.98. The number of hydrogen-bond donors (Lipinski definition) is 1. The number of ether oxygens (including phenoxy) is 1. The van der Waals surface area contributed by atoms with Gasteiger partial charge in [0, 0.05) is 29.7 Å². The molecule has 2 aromatic rings.